The van der Waals surface area contributed by atoms with Crippen LogP contribution in [-0.2, 0) is 0 Å². The van der Waals surface area contributed by atoms with Crippen molar-refractivity contribution in [2.24, 2.45) is 0 Å². The van der Waals surface area contributed by atoms with E-state index in [2.05, 4.69) is 24.8 Å². The molecule has 0 bridgehead atoms. The zero-order chi connectivity index (χ0) is 21.2. The van der Waals surface area contributed by atoms with Crippen molar-refractivity contribution in [2.75, 3.05) is 41.7 Å². The maximum Gasteiger partial charge on any atom is 0.156 e. The molecule has 3 heterocycles. The fraction of sp³-hybridized carbons (Fsp3) is 0.174. The van der Waals surface area contributed by atoms with E-state index in [0.717, 1.165) is 21.6 Å². The molecule has 8 heteroatoms. The number of halogens is 1. The van der Waals surface area contributed by atoms with E-state index in [9.17, 15) is 4.39 Å². The molecule has 0 unspecified atom stereocenters. The molecule has 0 saturated carbocycles. The third-order valence-electron chi connectivity index (χ3n) is 5.40. The Morgan fingerprint density at radius 2 is 1.61 bits per heavy atom. The summed E-state index contributed by atoms with van der Waals surface area (Å²) >= 11 is 1.50. The van der Waals surface area contributed by atoms with Gasteiger partial charge in [-0.1, -0.05) is 42.1 Å². The largest absolute Gasteiger partial charge is 0.394 e. The molecule has 2 aromatic heterocycles. The van der Waals surface area contributed by atoms with Gasteiger partial charge in [0.1, 0.15) is 22.9 Å². The second kappa shape index (κ2) is 8.39. The van der Waals surface area contributed by atoms with Gasteiger partial charge in [-0.25, -0.2) is 14.4 Å². The fourth-order valence-corrected chi connectivity index (χ4v) is 4.76. The molecule has 1 fully saturated rings. The van der Waals surface area contributed by atoms with E-state index in [0.29, 0.717) is 42.6 Å². The van der Waals surface area contributed by atoms with Gasteiger partial charge in [0.25, 0.3) is 0 Å². The number of aromatic nitrogens is 3. The lowest BCUT2D eigenvalue weighted by atomic mass is 10.2. The first-order chi connectivity index (χ1) is 15.2. The molecule has 156 valence electrons. The predicted molar refractivity (Wildman–Crippen MR) is 123 cm³/mol. The molecule has 2 aromatic carbocycles. The third-order valence-corrected chi connectivity index (χ3v) is 6.47. The van der Waals surface area contributed by atoms with Gasteiger partial charge in [0.2, 0.25) is 0 Å². The molecule has 0 atom stereocenters. The molecule has 5 rings (SSSR count). The topological polar surface area (TPSA) is 71.2 Å². The number of nitrogen functional groups attached to an aromatic ring is 1. The summed E-state index contributed by atoms with van der Waals surface area (Å²) in [4.78, 5) is 18.6. The highest BCUT2D eigenvalue weighted by atomic mass is 32.2. The standard InChI is InChI=1S/C23H21FN6S/c24-17-7-1-2-8-18(17)29-11-13-30(14-12-29)22-20(25)23(28-15-27-22)31-19-9-3-5-16-6-4-10-26-21(16)19/h1-10,15H,11-14,25H2. The van der Waals surface area contributed by atoms with Crippen LogP contribution in [0.15, 0.2) is 77.0 Å². The molecule has 0 aliphatic carbocycles. The first-order valence-corrected chi connectivity index (χ1v) is 10.9. The van der Waals surface area contributed by atoms with Gasteiger partial charge in [-0.15, -0.1) is 0 Å². The molecule has 1 aliphatic rings. The zero-order valence-electron chi connectivity index (χ0n) is 16.8. The maximum atomic E-state index is 14.1. The number of nitrogens with two attached hydrogens (primary N) is 1. The van der Waals surface area contributed by atoms with E-state index in [1.165, 1.54) is 17.8 Å². The molecule has 0 amide bonds. The smallest absolute Gasteiger partial charge is 0.156 e. The van der Waals surface area contributed by atoms with Gasteiger partial charge in [0.05, 0.1) is 11.2 Å². The number of fused-ring (bicyclic) bond motifs is 1. The molecule has 2 N–H and O–H groups in total. The molecule has 1 aliphatic heterocycles. The highest BCUT2D eigenvalue weighted by Gasteiger charge is 2.23. The van der Waals surface area contributed by atoms with Gasteiger partial charge in [-0.3, -0.25) is 4.98 Å². The number of benzene rings is 2. The van der Waals surface area contributed by atoms with Crippen LogP contribution in [0, 0.1) is 5.82 Å². The van der Waals surface area contributed by atoms with E-state index in [1.54, 1.807) is 18.6 Å². The third kappa shape index (κ3) is 3.86. The number of hydrogen-bond donors (Lipinski definition) is 1. The SMILES string of the molecule is Nc1c(Sc2cccc3cccnc23)ncnc1N1CCN(c2ccccc2F)CC1. The molecular weight excluding hydrogens is 411 g/mol. The first kappa shape index (κ1) is 19.6. The lowest BCUT2D eigenvalue weighted by molar-refractivity contribution is 0.596. The Kier molecular flexibility index (Phi) is 5.30. The average molecular weight is 433 g/mol. The lowest BCUT2D eigenvalue weighted by Gasteiger charge is -2.37. The average Bonchev–Trinajstić information content (AvgIpc) is 2.81. The number of nitrogens with zero attached hydrogens (tertiary/aromatic N) is 5. The Balaban J connectivity index is 1.36. The van der Waals surface area contributed by atoms with Crippen LogP contribution in [0.3, 0.4) is 0 Å². The van der Waals surface area contributed by atoms with Crippen molar-refractivity contribution in [1.29, 1.82) is 0 Å². The van der Waals surface area contributed by atoms with E-state index < -0.39 is 0 Å². The second-order valence-electron chi connectivity index (χ2n) is 7.27. The molecule has 0 radical (unpaired) electrons. The summed E-state index contributed by atoms with van der Waals surface area (Å²) in [5, 5.41) is 1.78. The Hall–Kier alpha value is -3.39. The Morgan fingerprint density at radius 1 is 0.839 bits per heavy atom. The van der Waals surface area contributed by atoms with E-state index in [1.807, 2.05) is 42.5 Å². The monoisotopic (exact) mass is 432 g/mol. The van der Waals surface area contributed by atoms with Crippen LogP contribution in [0.4, 0.5) is 21.6 Å². The molecule has 1 saturated heterocycles. The normalized spacial score (nSPS) is 14.2. The van der Waals surface area contributed by atoms with Crippen molar-refractivity contribution in [3.63, 3.8) is 0 Å². The summed E-state index contributed by atoms with van der Waals surface area (Å²) < 4.78 is 14.1. The van der Waals surface area contributed by atoms with Crippen LogP contribution in [0.1, 0.15) is 0 Å². The summed E-state index contributed by atoms with van der Waals surface area (Å²) in [6.07, 6.45) is 3.34. The van der Waals surface area contributed by atoms with E-state index in [-0.39, 0.29) is 5.82 Å². The number of piperazine rings is 1. The Labute approximate surface area is 183 Å². The number of para-hydroxylation sites is 2. The van der Waals surface area contributed by atoms with Crippen LogP contribution < -0.4 is 15.5 Å². The van der Waals surface area contributed by atoms with Gasteiger partial charge >= 0.3 is 0 Å². The molecule has 6 nitrogen and oxygen atoms in total. The minimum atomic E-state index is -0.195. The summed E-state index contributed by atoms with van der Waals surface area (Å²) in [6, 6.07) is 16.9. The summed E-state index contributed by atoms with van der Waals surface area (Å²) in [5.41, 5.74) is 8.61. The van der Waals surface area contributed by atoms with Crippen molar-refractivity contribution >= 4 is 39.9 Å². The number of rotatable bonds is 4. The number of hydrogen-bond acceptors (Lipinski definition) is 7. The molecule has 4 aromatic rings. The summed E-state index contributed by atoms with van der Waals surface area (Å²) in [5.74, 6) is 0.527. The molecule has 0 spiro atoms. The van der Waals surface area contributed by atoms with Crippen LogP contribution in [0.2, 0.25) is 0 Å². The highest BCUT2D eigenvalue weighted by Crippen LogP contribution is 2.37. The first-order valence-electron chi connectivity index (χ1n) is 10.1. The van der Waals surface area contributed by atoms with Gasteiger partial charge in [0.15, 0.2) is 5.82 Å². The Bertz CT molecular complexity index is 1220. The fourth-order valence-electron chi connectivity index (χ4n) is 3.83. The van der Waals surface area contributed by atoms with E-state index >= 15 is 0 Å². The zero-order valence-corrected chi connectivity index (χ0v) is 17.6. The van der Waals surface area contributed by atoms with Crippen LogP contribution in [-0.4, -0.2) is 41.1 Å². The van der Waals surface area contributed by atoms with Crippen molar-refractivity contribution in [3.8, 4) is 0 Å². The Morgan fingerprint density at radius 3 is 2.45 bits per heavy atom. The van der Waals surface area contributed by atoms with Gasteiger partial charge in [-0.05, 0) is 24.3 Å². The van der Waals surface area contributed by atoms with Crippen LogP contribution in [0.25, 0.3) is 10.9 Å². The number of pyridine rings is 1. The van der Waals surface area contributed by atoms with Crippen molar-refractivity contribution in [1.82, 2.24) is 15.0 Å². The quantitative estimate of drug-likeness (QED) is 0.484. The molecule has 31 heavy (non-hydrogen) atoms. The maximum absolute atomic E-state index is 14.1. The lowest BCUT2D eigenvalue weighted by Crippen LogP contribution is -2.47. The van der Waals surface area contributed by atoms with Gasteiger partial charge in [-0.2, -0.15) is 0 Å². The van der Waals surface area contributed by atoms with Crippen LogP contribution in [0.5, 0.6) is 0 Å². The number of anilines is 3. The van der Waals surface area contributed by atoms with E-state index in [4.69, 9.17) is 5.73 Å². The highest BCUT2D eigenvalue weighted by molar-refractivity contribution is 7.99. The van der Waals surface area contributed by atoms with Gasteiger partial charge in [0, 0.05) is 42.7 Å². The molecular formula is C23H21FN6S. The minimum absolute atomic E-state index is 0.195. The second-order valence-corrected chi connectivity index (χ2v) is 8.31. The van der Waals surface area contributed by atoms with Gasteiger partial charge < -0.3 is 15.5 Å². The summed E-state index contributed by atoms with van der Waals surface area (Å²) in [7, 11) is 0. The minimum Gasteiger partial charge on any atom is -0.394 e. The predicted octanol–water partition coefficient (Wildman–Crippen LogP) is 4.22. The van der Waals surface area contributed by atoms with Crippen molar-refractivity contribution in [2.45, 2.75) is 9.92 Å². The van der Waals surface area contributed by atoms with Crippen molar-refractivity contribution < 1.29 is 4.39 Å². The van der Waals surface area contributed by atoms with Crippen molar-refractivity contribution in [3.05, 3.63) is 72.9 Å². The van der Waals surface area contributed by atoms with Crippen LogP contribution >= 0.6 is 11.8 Å². The summed E-state index contributed by atoms with van der Waals surface area (Å²) in [6.45, 7) is 2.80.